The third-order valence-electron chi connectivity index (χ3n) is 3.46. The smallest absolute Gasteiger partial charge is 0.244 e. The summed E-state index contributed by atoms with van der Waals surface area (Å²) in [5.41, 5.74) is 1.81. The molecule has 0 saturated heterocycles. The van der Waals surface area contributed by atoms with E-state index in [1.165, 1.54) is 6.08 Å². The number of fused-ring (bicyclic) bond motifs is 1. The Morgan fingerprint density at radius 3 is 2.91 bits per heavy atom. The maximum atomic E-state index is 11.9. The van der Waals surface area contributed by atoms with Crippen molar-refractivity contribution in [3.05, 3.63) is 59.7 Å². The first-order valence-electron chi connectivity index (χ1n) is 7.24. The van der Waals surface area contributed by atoms with Gasteiger partial charge in [-0.1, -0.05) is 24.3 Å². The van der Waals surface area contributed by atoms with E-state index in [0.29, 0.717) is 12.3 Å². The van der Waals surface area contributed by atoms with Gasteiger partial charge in [0.25, 0.3) is 0 Å². The highest BCUT2D eigenvalue weighted by Gasteiger charge is 2.13. The fourth-order valence-electron chi connectivity index (χ4n) is 2.27. The van der Waals surface area contributed by atoms with Crippen LogP contribution in [0.25, 0.3) is 6.08 Å². The van der Waals surface area contributed by atoms with Gasteiger partial charge < -0.3 is 19.5 Å². The predicted molar refractivity (Wildman–Crippen MR) is 86.4 cm³/mol. The summed E-state index contributed by atoms with van der Waals surface area (Å²) < 4.78 is 15.8. The summed E-state index contributed by atoms with van der Waals surface area (Å²) >= 11 is 0. The Labute approximate surface area is 134 Å². The maximum Gasteiger partial charge on any atom is 0.244 e. The molecule has 1 N–H and O–H groups in total. The normalized spacial score (nSPS) is 12.4. The molecular weight excluding hydrogens is 294 g/mol. The van der Waals surface area contributed by atoms with E-state index in [1.807, 2.05) is 42.5 Å². The van der Waals surface area contributed by atoms with E-state index in [9.17, 15) is 4.79 Å². The van der Waals surface area contributed by atoms with Crippen molar-refractivity contribution in [3.63, 3.8) is 0 Å². The molecule has 5 nitrogen and oxygen atoms in total. The van der Waals surface area contributed by atoms with Crippen molar-refractivity contribution < 1.29 is 19.0 Å². The lowest BCUT2D eigenvalue weighted by atomic mass is 10.2. The van der Waals surface area contributed by atoms with Gasteiger partial charge in [0, 0.05) is 18.2 Å². The Bertz CT molecular complexity index is 740. The second kappa shape index (κ2) is 6.87. The molecule has 1 heterocycles. The number of ether oxygens (including phenoxy) is 3. The predicted octanol–water partition coefficient (Wildman–Crippen LogP) is 2.75. The third-order valence-corrected chi connectivity index (χ3v) is 3.46. The van der Waals surface area contributed by atoms with Crippen LogP contribution in [0.15, 0.2) is 48.5 Å². The summed E-state index contributed by atoms with van der Waals surface area (Å²) in [4.78, 5) is 11.9. The molecule has 0 radical (unpaired) electrons. The van der Waals surface area contributed by atoms with Crippen LogP contribution in [0, 0.1) is 0 Å². The Kier molecular flexibility index (Phi) is 4.47. The summed E-state index contributed by atoms with van der Waals surface area (Å²) in [5.74, 6) is 2.00. The van der Waals surface area contributed by atoms with Gasteiger partial charge in [0.05, 0.1) is 7.11 Å². The lowest BCUT2D eigenvalue weighted by molar-refractivity contribution is -0.116. The molecule has 1 aliphatic rings. The van der Waals surface area contributed by atoms with Crippen LogP contribution < -0.4 is 19.5 Å². The number of para-hydroxylation sites is 1. The molecule has 0 unspecified atom stereocenters. The number of rotatable bonds is 5. The van der Waals surface area contributed by atoms with Crippen molar-refractivity contribution in [1.29, 1.82) is 0 Å². The van der Waals surface area contributed by atoms with E-state index in [4.69, 9.17) is 14.2 Å². The highest BCUT2D eigenvalue weighted by Crippen LogP contribution is 2.32. The number of carbonyl (C=O) groups is 1. The minimum Gasteiger partial charge on any atom is -0.496 e. The van der Waals surface area contributed by atoms with Crippen LogP contribution >= 0.6 is 0 Å². The van der Waals surface area contributed by atoms with Crippen LogP contribution in [0.1, 0.15) is 11.1 Å². The number of hydrogen-bond donors (Lipinski definition) is 1. The van der Waals surface area contributed by atoms with Gasteiger partial charge in [0.2, 0.25) is 12.7 Å². The average Bonchev–Trinajstić information content (AvgIpc) is 3.06. The molecular formula is C18H17NO4. The maximum absolute atomic E-state index is 11.9. The van der Waals surface area contributed by atoms with Gasteiger partial charge in [-0.05, 0) is 29.8 Å². The van der Waals surface area contributed by atoms with Crippen molar-refractivity contribution in [2.45, 2.75) is 6.54 Å². The highest BCUT2D eigenvalue weighted by atomic mass is 16.7. The molecule has 0 spiro atoms. The van der Waals surface area contributed by atoms with Gasteiger partial charge in [0.15, 0.2) is 11.5 Å². The van der Waals surface area contributed by atoms with Gasteiger partial charge in [-0.3, -0.25) is 4.79 Å². The molecule has 0 saturated carbocycles. The minimum absolute atomic E-state index is 0.173. The van der Waals surface area contributed by atoms with E-state index < -0.39 is 0 Å². The third kappa shape index (κ3) is 3.63. The first kappa shape index (κ1) is 15.0. The quantitative estimate of drug-likeness (QED) is 0.863. The summed E-state index contributed by atoms with van der Waals surface area (Å²) in [6.07, 6.45) is 3.22. The van der Waals surface area contributed by atoms with Gasteiger partial charge in [-0.15, -0.1) is 0 Å². The summed E-state index contributed by atoms with van der Waals surface area (Å²) in [6.45, 7) is 0.665. The Balaban J connectivity index is 1.58. The lowest BCUT2D eigenvalue weighted by Gasteiger charge is -2.05. The van der Waals surface area contributed by atoms with Gasteiger partial charge in [0.1, 0.15) is 5.75 Å². The zero-order chi connectivity index (χ0) is 16.1. The molecule has 0 bridgehead atoms. The number of carbonyl (C=O) groups excluding carboxylic acids is 1. The monoisotopic (exact) mass is 311 g/mol. The van der Waals surface area contributed by atoms with E-state index in [-0.39, 0.29) is 12.7 Å². The molecule has 0 fully saturated rings. The van der Waals surface area contributed by atoms with E-state index >= 15 is 0 Å². The Morgan fingerprint density at radius 2 is 2.04 bits per heavy atom. The topological polar surface area (TPSA) is 56.8 Å². The highest BCUT2D eigenvalue weighted by molar-refractivity contribution is 5.92. The molecule has 0 aromatic heterocycles. The molecule has 23 heavy (non-hydrogen) atoms. The Morgan fingerprint density at radius 1 is 1.22 bits per heavy atom. The number of nitrogens with one attached hydrogen (secondary N) is 1. The van der Waals surface area contributed by atoms with Gasteiger partial charge >= 0.3 is 0 Å². The second-order valence-corrected chi connectivity index (χ2v) is 4.98. The van der Waals surface area contributed by atoms with Crippen molar-refractivity contribution in [2.75, 3.05) is 13.9 Å². The SMILES string of the molecule is COc1ccccc1/C=C/C(=O)NCc1ccc2c(c1)OCO2. The summed E-state index contributed by atoms with van der Waals surface area (Å²) in [5, 5.41) is 2.83. The second-order valence-electron chi connectivity index (χ2n) is 4.98. The molecule has 1 amide bonds. The fraction of sp³-hybridized carbons (Fsp3) is 0.167. The molecule has 2 aromatic rings. The lowest BCUT2D eigenvalue weighted by Crippen LogP contribution is -2.20. The number of benzene rings is 2. The molecule has 118 valence electrons. The molecule has 1 aliphatic heterocycles. The Hall–Kier alpha value is -2.95. The van der Waals surface area contributed by atoms with Crippen LogP contribution in [0.3, 0.4) is 0 Å². The summed E-state index contributed by atoms with van der Waals surface area (Å²) in [7, 11) is 1.60. The van der Waals surface area contributed by atoms with Gasteiger partial charge in [-0.2, -0.15) is 0 Å². The minimum atomic E-state index is -0.173. The van der Waals surface area contributed by atoms with E-state index in [1.54, 1.807) is 13.2 Å². The molecule has 5 heteroatoms. The van der Waals surface area contributed by atoms with Crippen molar-refractivity contribution in [1.82, 2.24) is 5.32 Å². The first-order chi connectivity index (χ1) is 11.3. The molecule has 0 aliphatic carbocycles. The van der Waals surface area contributed by atoms with E-state index in [2.05, 4.69) is 5.32 Å². The van der Waals surface area contributed by atoms with Gasteiger partial charge in [-0.25, -0.2) is 0 Å². The van der Waals surface area contributed by atoms with Crippen LogP contribution in [-0.2, 0) is 11.3 Å². The van der Waals surface area contributed by atoms with Crippen LogP contribution in [-0.4, -0.2) is 19.8 Å². The van der Waals surface area contributed by atoms with Crippen molar-refractivity contribution in [2.24, 2.45) is 0 Å². The number of hydrogen-bond acceptors (Lipinski definition) is 4. The molecule has 0 atom stereocenters. The molecule has 2 aromatic carbocycles. The fourth-order valence-corrected chi connectivity index (χ4v) is 2.27. The van der Waals surface area contributed by atoms with Crippen molar-refractivity contribution >= 4 is 12.0 Å². The molecule has 3 rings (SSSR count). The van der Waals surface area contributed by atoms with Crippen LogP contribution in [0.5, 0.6) is 17.2 Å². The number of methoxy groups -OCH3 is 1. The first-order valence-corrected chi connectivity index (χ1v) is 7.24. The standard InChI is InChI=1S/C18H17NO4/c1-21-15-5-3-2-4-14(15)7-9-18(20)19-11-13-6-8-16-17(10-13)23-12-22-16/h2-10H,11-12H2,1H3,(H,19,20)/b9-7+. The largest absolute Gasteiger partial charge is 0.496 e. The average molecular weight is 311 g/mol. The van der Waals surface area contributed by atoms with Crippen LogP contribution in [0.4, 0.5) is 0 Å². The number of amides is 1. The zero-order valence-electron chi connectivity index (χ0n) is 12.7. The summed E-state index contributed by atoms with van der Waals surface area (Å²) in [6, 6.07) is 13.1. The van der Waals surface area contributed by atoms with Crippen LogP contribution in [0.2, 0.25) is 0 Å². The van der Waals surface area contributed by atoms with E-state index in [0.717, 1.165) is 22.6 Å². The van der Waals surface area contributed by atoms with Crippen molar-refractivity contribution in [3.8, 4) is 17.2 Å². The zero-order valence-corrected chi connectivity index (χ0v) is 12.7.